The zero-order valence-corrected chi connectivity index (χ0v) is 4.82. The van der Waals surface area contributed by atoms with Crippen LogP contribution in [0.1, 0.15) is 0 Å². The second-order valence-corrected chi connectivity index (χ2v) is 0.183. The molecule has 0 bridgehead atoms. The van der Waals surface area contributed by atoms with E-state index in [1.165, 1.54) is 0 Å². The Labute approximate surface area is 53.8 Å². The van der Waals surface area contributed by atoms with Gasteiger partial charge in [0.1, 0.15) is 0 Å². The van der Waals surface area contributed by atoms with Crippen molar-refractivity contribution in [1.82, 2.24) is 0 Å². The zero-order chi connectivity index (χ0) is 7.41. The van der Waals surface area contributed by atoms with Gasteiger partial charge in [0.15, 0.2) is 0 Å². The van der Waals surface area contributed by atoms with Crippen LogP contribution in [0.4, 0.5) is 3.52 Å². The first-order chi connectivity index (χ1) is 3.83. The van der Waals surface area contributed by atoms with Crippen molar-refractivity contribution in [2.75, 3.05) is 0 Å². The molecule has 0 radical (unpaired) electrons. The van der Waals surface area contributed by atoms with Crippen LogP contribution in [0.3, 0.4) is 0 Å². The van der Waals surface area contributed by atoms with Gasteiger partial charge in [0.05, 0.1) is 0 Å². The molecule has 0 fully saturated rings. The molecule has 0 heterocycles. The Bertz CT molecular complexity index is 35.0. The third kappa shape index (κ3) is 293. The van der Waals surface area contributed by atoms with Crippen LogP contribution in [-0.2, 0) is 9.59 Å². The predicted octanol–water partition coefficient (Wildman–Crippen LogP) is -0.737. The van der Waals surface area contributed by atoms with Gasteiger partial charge in [-0.3, -0.25) is 0 Å². The standard InChI is InChI=1S/2CHO2.Al.FH/c2*2-1-3;;/h2*(H,2,3);;1H/q2*-1;+3;/p-1. The third-order valence-electron chi connectivity index (χ3n) is 0. The van der Waals surface area contributed by atoms with Crippen molar-refractivity contribution < 1.29 is 23.3 Å². The first-order valence-electron chi connectivity index (χ1n) is 1.07. The Morgan fingerprint density at radius 3 is 1.12 bits per heavy atom. The van der Waals surface area contributed by atoms with Crippen molar-refractivity contribution >= 4 is 29.7 Å². The van der Waals surface area contributed by atoms with Crippen LogP contribution < -0.4 is 0 Å². The maximum atomic E-state index is 9.42. The molecular formula is C2H2AlFO4. The summed E-state index contributed by atoms with van der Waals surface area (Å²) in [4.78, 5) is 16.5. The Morgan fingerprint density at radius 2 is 1.12 bits per heavy atom. The fourth-order valence-electron chi connectivity index (χ4n) is 0. The van der Waals surface area contributed by atoms with Crippen LogP contribution in [0, 0.1) is 0 Å². The van der Waals surface area contributed by atoms with E-state index in [0.29, 0.717) is 12.9 Å². The van der Waals surface area contributed by atoms with Crippen molar-refractivity contribution in [3.8, 4) is 0 Å². The van der Waals surface area contributed by atoms with Gasteiger partial charge in [0.25, 0.3) is 0 Å². The molecule has 0 aliphatic carbocycles. The zero-order valence-electron chi connectivity index (χ0n) is 3.67. The van der Waals surface area contributed by atoms with E-state index in [2.05, 4.69) is 0 Å². The van der Waals surface area contributed by atoms with Crippen LogP contribution in [0.2, 0.25) is 0 Å². The fraction of sp³-hybridized carbons (Fsp3) is 0. The summed E-state index contributed by atoms with van der Waals surface area (Å²) in [6.07, 6.45) is 0. The average molecular weight is 136 g/mol. The van der Waals surface area contributed by atoms with Gasteiger partial charge in [-0.05, 0) is 0 Å². The van der Waals surface area contributed by atoms with Crippen molar-refractivity contribution in [2.45, 2.75) is 0 Å². The van der Waals surface area contributed by atoms with E-state index in [1.54, 1.807) is 0 Å². The molecule has 0 aliphatic rings. The Balaban J connectivity index is -0.0000000483. The number of aliphatic hydroxyl groups excluding tert-OH is 2. The molecule has 0 amide bonds. The van der Waals surface area contributed by atoms with E-state index < -0.39 is 0 Å². The van der Waals surface area contributed by atoms with Gasteiger partial charge < -0.3 is 19.8 Å². The van der Waals surface area contributed by atoms with E-state index in [0.717, 1.165) is 16.7 Å². The Morgan fingerprint density at radius 1 is 1.12 bits per heavy atom. The number of halogens is 1. The summed E-state index contributed by atoms with van der Waals surface area (Å²) >= 11 is 0.917. The molecule has 0 aliphatic heterocycles. The molecule has 0 aromatic rings. The molecule has 0 aromatic heterocycles. The van der Waals surface area contributed by atoms with Crippen molar-refractivity contribution in [1.29, 1.82) is 0 Å². The normalized spacial score (nSPS) is 3.88. The Kier molecular flexibility index (Phi) is 186. The van der Waals surface area contributed by atoms with Gasteiger partial charge in [0, 0.05) is 0 Å². The van der Waals surface area contributed by atoms with Crippen molar-refractivity contribution in [3.63, 3.8) is 0 Å². The quantitative estimate of drug-likeness (QED) is 0.339. The molecule has 0 rings (SSSR count). The first kappa shape index (κ1) is 15.7. The molecule has 0 unspecified atom stereocenters. The first-order valence-corrected chi connectivity index (χ1v) is 1.51. The van der Waals surface area contributed by atoms with E-state index in [9.17, 15) is 3.52 Å². The van der Waals surface area contributed by atoms with Crippen LogP contribution in [0.25, 0.3) is 0 Å². The van der Waals surface area contributed by atoms with Crippen molar-refractivity contribution in [3.05, 3.63) is 0 Å². The SMILES string of the molecule is O=[C-]O.O=[C-]O.[F][Al+2]. The summed E-state index contributed by atoms with van der Waals surface area (Å²) in [5, 5.41) is 13.5. The summed E-state index contributed by atoms with van der Waals surface area (Å²) in [5.41, 5.74) is 0. The van der Waals surface area contributed by atoms with Crippen LogP contribution in [0.5, 0.6) is 0 Å². The van der Waals surface area contributed by atoms with E-state index >= 15 is 0 Å². The third-order valence-corrected chi connectivity index (χ3v) is 0. The fourth-order valence-corrected chi connectivity index (χ4v) is 0. The predicted molar refractivity (Wildman–Crippen MR) is 23.5 cm³/mol. The Hall–Kier alpha value is -0.598. The minimum atomic E-state index is 0.500. The van der Waals surface area contributed by atoms with Crippen LogP contribution in [0.15, 0.2) is 0 Å². The second-order valence-electron chi connectivity index (χ2n) is 0.183. The molecule has 8 heavy (non-hydrogen) atoms. The van der Waals surface area contributed by atoms with Gasteiger partial charge >= 0.3 is 20.3 Å². The van der Waals surface area contributed by atoms with Crippen LogP contribution >= 0.6 is 0 Å². The molecule has 0 saturated carbocycles. The number of hydrogen-bond donors (Lipinski definition) is 2. The molecule has 0 atom stereocenters. The summed E-state index contributed by atoms with van der Waals surface area (Å²) < 4.78 is 9.42. The van der Waals surface area contributed by atoms with E-state index in [4.69, 9.17) is 19.8 Å². The molecule has 4 nitrogen and oxygen atoms in total. The summed E-state index contributed by atoms with van der Waals surface area (Å²) in [6.45, 7) is 1.00. The van der Waals surface area contributed by atoms with Gasteiger partial charge in [0.2, 0.25) is 0 Å². The minimum absolute atomic E-state index is 0.500. The van der Waals surface area contributed by atoms with E-state index in [-0.39, 0.29) is 0 Å². The van der Waals surface area contributed by atoms with Gasteiger partial charge in [-0.1, -0.05) is 12.9 Å². The monoisotopic (exact) mass is 136 g/mol. The van der Waals surface area contributed by atoms with Crippen LogP contribution in [-0.4, -0.2) is 39.9 Å². The van der Waals surface area contributed by atoms with Crippen molar-refractivity contribution in [2.24, 2.45) is 0 Å². The molecule has 0 aromatic carbocycles. The number of hydrogen-bond acceptors (Lipinski definition) is 2. The molecule has 6 heteroatoms. The summed E-state index contributed by atoms with van der Waals surface area (Å²) in [7, 11) is 0. The molecule has 2 N–H and O–H groups in total. The molecule has 44 valence electrons. The summed E-state index contributed by atoms with van der Waals surface area (Å²) in [5.74, 6) is 0. The van der Waals surface area contributed by atoms with Gasteiger partial charge in [-0.25, -0.2) is 0 Å². The number of rotatable bonds is 0. The maximum absolute atomic E-state index is 9.42. The van der Waals surface area contributed by atoms with E-state index in [1.807, 2.05) is 0 Å². The topological polar surface area (TPSA) is 74.6 Å². The van der Waals surface area contributed by atoms with Gasteiger partial charge in [-0.2, -0.15) is 0 Å². The summed E-state index contributed by atoms with van der Waals surface area (Å²) in [6, 6.07) is 0. The van der Waals surface area contributed by atoms with Gasteiger partial charge in [-0.15, -0.1) is 0 Å². The average Bonchev–Trinajstić information content (AvgIpc) is 1.75. The second kappa shape index (κ2) is 95.0. The molecular weight excluding hydrogens is 134 g/mol. The molecule has 0 spiro atoms. The molecule has 0 saturated heterocycles.